The molecular weight excluding hydrogens is 306 g/mol. The van der Waals surface area contributed by atoms with E-state index >= 15 is 0 Å². The van der Waals surface area contributed by atoms with Crippen LogP contribution in [0.3, 0.4) is 0 Å². The van der Waals surface area contributed by atoms with Gasteiger partial charge in [-0.1, -0.05) is 6.92 Å². The third-order valence-corrected chi connectivity index (χ3v) is 6.31. The molecule has 4 rings (SSSR count). The summed E-state index contributed by atoms with van der Waals surface area (Å²) in [6.07, 6.45) is 11.3. The van der Waals surface area contributed by atoms with E-state index in [2.05, 4.69) is 26.8 Å². The van der Waals surface area contributed by atoms with Crippen LogP contribution >= 0.6 is 11.3 Å². The fourth-order valence-corrected chi connectivity index (χ4v) is 5.13. The largest absolute Gasteiger partial charge is 0.337 e. The Balaban J connectivity index is 1.53. The van der Waals surface area contributed by atoms with Gasteiger partial charge in [-0.25, -0.2) is 4.98 Å². The number of nitrogens with zero attached hydrogens (tertiary/aromatic N) is 3. The molecule has 2 aromatic heterocycles. The number of carbonyl (C=O) groups excluding carboxylic acids is 1. The molecule has 1 aliphatic heterocycles. The summed E-state index contributed by atoms with van der Waals surface area (Å²) in [6.45, 7) is 3.99. The number of hydrogen-bond donors (Lipinski definition) is 0. The maximum Gasteiger partial charge on any atom is 0.255 e. The Morgan fingerprint density at radius 3 is 3.13 bits per heavy atom. The second-order valence-corrected chi connectivity index (χ2v) is 7.92. The normalized spacial score (nSPS) is 24.5. The van der Waals surface area contributed by atoms with Crippen molar-refractivity contribution >= 4 is 17.2 Å². The van der Waals surface area contributed by atoms with E-state index in [4.69, 9.17) is 0 Å². The van der Waals surface area contributed by atoms with Gasteiger partial charge in [0.15, 0.2) is 0 Å². The number of rotatable bonds is 2. The Morgan fingerprint density at radius 1 is 1.39 bits per heavy atom. The van der Waals surface area contributed by atoms with Crippen molar-refractivity contribution in [1.82, 2.24) is 14.5 Å². The molecule has 23 heavy (non-hydrogen) atoms. The van der Waals surface area contributed by atoms with Gasteiger partial charge in [0, 0.05) is 35.7 Å². The molecule has 1 amide bonds. The van der Waals surface area contributed by atoms with Crippen LogP contribution in [0.25, 0.3) is 0 Å². The molecule has 1 aliphatic carbocycles. The highest BCUT2D eigenvalue weighted by molar-refractivity contribution is 7.10. The fourth-order valence-electron chi connectivity index (χ4n) is 3.90. The van der Waals surface area contributed by atoms with Crippen molar-refractivity contribution in [2.45, 2.75) is 45.1 Å². The molecule has 1 fully saturated rings. The standard InChI is InChI=1S/C18H23N3OS/c1-13-4-5-15-16(11-23-17(15)9-13)18(22)20-7-2-3-14(10-20)21-8-6-19-12-21/h6,8,11-14H,2-5,7,9-10H2,1H3/t13-,14-/m1/s1. The molecule has 0 spiro atoms. The Kier molecular flexibility index (Phi) is 3.97. The molecule has 0 radical (unpaired) electrons. The minimum absolute atomic E-state index is 0.238. The Morgan fingerprint density at radius 2 is 2.30 bits per heavy atom. The molecular formula is C18H23N3OS. The van der Waals surface area contributed by atoms with Crippen LogP contribution in [0.1, 0.15) is 53.0 Å². The number of amides is 1. The van der Waals surface area contributed by atoms with Gasteiger partial charge in [-0.05, 0) is 43.6 Å². The zero-order valence-corrected chi connectivity index (χ0v) is 14.4. The zero-order valence-electron chi connectivity index (χ0n) is 13.6. The average molecular weight is 329 g/mol. The summed E-state index contributed by atoms with van der Waals surface area (Å²) in [5, 5.41) is 2.10. The molecule has 0 saturated carbocycles. The second-order valence-electron chi connectivity index (χ2n) is 6.96. The lowest BCUT2D eigenvalue weighted by Gasteiger charge is -2.33. The van der Waals surface area contributed by atoms with Crippen molar-refractivity contribution < 1.29 is 4.79 Å². The van der Waals surface area contributed by atoms with Crippen molar-refractivity contribution in [3.8, 4) is 0 Å². The maximum atomic E-state index is 13.0. The third kappa shape index (κ3) is 2.82. The first-order chi connectivity index (χ1) is 11.2. The molecule has 1 saturated heterocycles. The monoisotopic (exact) mass is 329 g/mol. The van der Waals surface area contributed by atoms with Crippen LogP contribution in [-0.4, -0.2) is 33.4 Å². The lowest BCUT2D eigenvalue weighted by Crippen LogP contribution is -2.40. The van der Waals surface area contributed by atoms with E-state index in [0.717, 1.165) is 50.3 Å². The van der Waals surface area contributed by atoms with Gasteiger partial charge in [-0.2, -0.15) is 0 Å². The lowest BCUT2D eigenvalue weighted by atomic mass is 9.88. The highest BCUT2D eigenvalue weighted by Gasteiger charge is 2.29. The fraction of sp³-hybridized carbons (Fsp3) is 0.556. The van der Waals surface area contributed by atoms with E-state index in [0.29, 0.717) is 6.04 Å². The van der Waals surface area contributed by atoms with Gasteiger partial charge in [0.1, 0.15) is 0 Å². The van der Waals surface area contributed by atoms with Crippen molar-refractivity contribution in [1.29, 1.82) is 0 Å². The van der Waals surface area contributed by atoms with Gasteiger partial charge in [0.2, 0.25) is 0 Å². The molecule has 0 N–H and O–H groups in total. The predicted molar refractivity (Wildman–Crippen MR) is 91.9 cm³/mol. The SMILES string of the molecule is C[C@@H]1CCc2c(C(=O)N3CCC[C@@H](n4ccnc4)C3)csc2C1. The first kappa shape index (κ1) is 14.9. The number of likely N-dealkylation sites (tertiary alicyclic amines) is 1. The van der Waals surface area contributed by atoms with Gasteiger partial charge in [0.25, 0.3) is 5.91 Å². The Bertz CT molecular complexity index is 691. The van der Waals surface area contributed by atoms with Crippen LogP contribution < -0.4 is 0 Å². The van der Waals surface area contributed by atoms with Crippen molar-refractivity contribution in [3.63, 3.8) is 0 Å². The molecule has 122 valence electrons. The lowest BCUT2D eigenvalue weighted by molar-refractivity contribution is 0.0678. The van der Waals surface area contributed by atoms with E-state index in [9.17, 15) is 4.79 Å². The highest BCUT2D eigenvalue weighted by Crippen LogP contribution is 2.34. The maximum absolute atomic E-state index is 13.0. The van der Waals surface area contributed by atoms with E-state index in [1.807, 2.05) is 18.7 Å². The van der Waals surface area contributed by atoms with Crippen molar-refractivity contribution in [2.24, 2.45) is 5.92 Å². The number of hydrogen-bond acceptors (Lipinski definition) is 3. The summed E-state index contributed by atoms with van der Waals surface area (Å²) in [6, 6.07) is 0.365. The molecule has 0 bridgehead atoms. The minimum atomic E-state index is 0.238. The van der Waals surface area contributed by atoms with Gasteiger partial charge >= 0.3 is 0 Å². The predicted octanol–water partition coefficient (Wildman–Crippen LogP) is 3.55. The topological polar surface area (TPSA) is 38.1 Å². The minimum Gasteiger partial charge on any atom is -0.337 e. The van der Waals surface area contributed by atoms with E-state index < -0.39 is 0 Å². The number of carbonyl (C=O) groups is 1. The van der Waals surface area contributed by atoms with Crippen molar-refractivity contribution in [3.05, 3.63) is 40.1 Å². The third-order valence-electron chi connectivity index (χ3n) is 5.26. The summed E-state index contributed by atoms with van der Waals surface area (Å²) in [7, 11) is 0. The van der Waals surface area contributed by atoms with Crippen LogP contribution in [0.2, 0.25) is 0 Å². The highest BCUT2D eigenvalue weighted by atomic mass is 32.1. The molecule has 2 atom stereocenters. The average Bonchev–Trinajstić information content (AvgIpc) is 3.23. The van der Waals surface area contributed by atoms with Gasteiger partial charge < -0.3 is 9.47 Å². The van der Waals surface area contributed by atoms with Crippen LogP contribution in [0, 0.1) is 5.92 Å². The van der Waals surface area contributed by atoms with Crippen LogP contribution in [0.4, 0.5) is 0 Å². The van der Waals surface area contributed by atoms with Crippen molar-refractivity contribution in [2.75, 3.05) is 13.1 Å². The first-order valence-corrected chi connectivity index (χ1v) is 9.46. The second kappa shape index (κ2) is 6.11. The molecule has 3 heterocycles. The van der Waals surface area contributed by atoms with E-state index in [-0.39, 0.29) is 5.91 Å². The quantitative estimate of drug-likeness (QED) is 0.845. The number of imidazole rings is 1. The van der Waals surface area contributed by atoms with E-state index in [1.54, 1.807) is 11.3 Å². The first-order valence-electron chi connectivity index (χ1n) is 8.58. The zero-order chi connectivity index (χ0) is 15.8. The number of aromatic nitrogens is 2. The summed E-state index contributed by atoms with van der Waals surface area (Å²) in [5.41, 5.74) is 2.31. The van der Waals surface area contributed by atoms with Crippen LogP contribution in [0.15, 0.2) is 24.1 Å². The summed E-state index contributed by atoms with van der Waals surface area (Å²) < 4.78 is 2.14. The Labute approximate surface area is 141 Å². The van der Waals surface area contributed by atoms with Gasteiger partial charge in [-0.15, -0.1) is 11.3 Å². The number of piperidine rings is 1. The number of fused-ring (bicyclic) bond motifs is 1. The molecule has 2 aliphatic rings. The Hall–Kier alpha value is -1.62. The summed E-state index contributed by atoms with van der Waals surface area (Å²) in [5.74, 6) is 0.992. The van der Waals surface area contributed by atoms with Crippen LogP contribution in [-0.2, 0) is 12.8 Å². The molecule has 5 heteroatoms. The molecule has 4 nitrogen and oxygen atoms in total. The summed E-state index contributed by atoms with van der Waals surface area (Å²) >= 11 is 1.78. The molecule has 0 unspecified atom stereocenters. The smallest absolute Gasteiger partial charge is 0.255 e. The molecule has 0 aromatic carbocycles. The van der Waals surface area contributed by atoms with Gasteiger partial charge in [0.05, 0.1) is 17.9 Å². The molecule has 2 aromatic rings. The summed E-state index contributed by atoms with van der Waals surface area (Å²) in [4.78, 5) is 20.7. The van der Waals surface area contributed by atoms with E-state index in [1.165, 1.54) is 16.9 Å². The van der Waals surface area contributed by atoms with Gasteiger partial charge in [-0.3, -0.25) is 4.79 Å². The van der Waals surface area contributed by atoms with Crippen LogP contribution in [0.5, 0.6) is 0 Å². The number of thiophene rings is 1.